The Morgan fingerprint density at radius 2 is 1.97 bits per heavy atom. The lowest BCUT2D eigenvalue weighted by Gasteiger charge is -2.27. The summed E-state index contributed by atoms with van der Waals surface area (Å²) >= 11 is 0. The number of aliphatic hydroxyl groups is 1. The van der Waals surface area contributed by atoms with Crippen molar-refractivity contribution in [3.63, 3.8) is 0 Å². The SMILES string of the molecule is CCCOc1cccc(C2C(C(=O)c3cc4cccc(OC)c4o3)=C(O)C(=O)N2Cc2cccnc2)c1. The van der Waals surface area contributed by atoms with E-state index < -0.39 is 23.5 Å². The van der Waals surface area contributed by atoms with E-state index in [0.29, 0.717) is 34.6 Å². The summed E-state index contributed by atoms with van der Waals surface area (Å²) in [5.74, 6) is -0.743. The van der Waals surface area contributed by atoms with Gasteiger partial charge in [-0.3, -0.25) is 14.6 Å². The fraction of sp³-hybridized carbons (Fsp3) is 0.207. The maximum Gasteiger partial charge on any atom is 0.290 e. The molecule has 2 aromatic heterocycles. The molecule has 3 heterocycles. The maximum absolute atomic E-state index is 13.8. The van der Waals surface area contributed by atoms with Crippen LogP contribution >= 0.6 is 0 Å². The van der Waals surface area contributed by atoms with Crippen molar-refractivity contribution >= 4 is 22.7 Å². The first-order valence-corrected chi connectivity index (χ1v) is 12.0. The summed E-state index contributed by atoms with van der Waals surface area (Å²) in [6.07, 6.45) is 4.12. The number of Topliss-reactive ketones (excluding diaryl/α,β-unsaturated/α-hetero) is 1. The van der Waals surface area contributed by atoms with Crippen molar-refractivity contribution in [2.24, 2.45) is 0 Å². The van der Waals surface area contributed by atoms with Gasteiger partial charge in [0.25, 0.3) is 5.91 Å². The molecule has 188 valence electrons. The molecule has 0 aliphatic carbocycles. The Hall–Kier alpha value is -4.59. The molecule has 0 spiro atoms. The quantitative estimate of drug-likeness (QED) is 0.308. The second-order valence-corrected chi connectivity index (χ2v) is 8.70. The van der Waals surface area contributed by atoms with Crippen LogP contribution in [-0.4, -0.2) is 40.4 Å². The van der Waals surface area contributed by atoms with E-state index in [2.05, 4.69) is 4.98 Å². The van der Waals surface area contributed by atoms with Crippen LogP contribution in [0.4, 0.5) is 0 Å². The van der Waals surface area contributed by atoms with E-state index in [4.69, 9.17) is 13.9 Å². The highest BCUT2D eigenvalue weighted by Crippen LogP contribution is 2.41. The second-order valence-electron chi connectivity index (χ2n) is 8.70. The molecule has 0 saturated carbocycles. The molecule has 4 aromatic rings. The summed E-state index contributed by atoms with van der Waals surface area (Å²) in [6, 6.07) is 16.9. The Balaban J connectivity index is 1.60. The fourth-order valence-electron chi connectivity index (χ4n) is 4.52. The van der Waals surface area contributed by atoms with Gasteiger partial charge in [-0.2, -0.15) is 0 Å². The molecular formula is C29H26N2O6. The number of hydrogen-bond acceptors (Lipinski definition) is 7. The third-order valence-electron chi connectivity index (χ3n) is 6.22. The number of aliphatic hydroxyl groups excluding tert-OH is 1. The third kappa shape index (κ3) is 4.53. The minimum atomic E-state index is -0.861. The highest BCUT2D eigenvalue weighted by molar-refractivity contribution is 6.16. The van der Waals surface area contributed by atoms with Gasteiger partial charge in [-0.05, 0) is 47.9 Å². The molecule has 8 heteroatoms. The van der Waals surface area contributed by atoms with Gasteiger partial charge in [0, 0.05) is 24.3 Å². The molecule has 8 nitrogen and oxygen atoms in total. The number of para-hydroxylation sites is 1. The first-order chi connectivity index (χ1) is 18.0. The number of fused-ring (bicyclic) bond motifs is 1. The Labute approximate surface area is 213 Å². The number of carbonyl (C=O) groups excluding carboxylic acids is 2. The van der Waals surface area contributed by atoms with Gasteiger partial charge >= 0.3 is 0 Å². The van der Waals surface area contributed by atoms with Gasteiger partial charge in [0.05, 0.1) is 25.3 Å². The number of carbonyl (C=O) groups is 2. The number of nitrogens with zero attached hydrogens (tertiary/aromatic N) is 2. The molecule has 0 fully saturated rings. The molecule has 1 amide bonds. The van der Waals surface area contributed by atoms with E-state index in [1.807, 2.05) is 19.1 Å². The number of methoxy groups -OCH3 is 1. The van der Waals surface area contributed by atoms with E-state index >= 15 is 0 Å². The van der Waals surface area contributed by atoms with Crippen molar-refractivity contribution in [1.82, 2.24) is 9.88 Å². The van der Waals surface area contributed by atoms with Crippen molar-refractivity contribution in [2.75, 3.05) is 13.7 Å². The molecule has 0 saturated heterocycles. The molecule has 1 atom stereocenters. The first-order valence-electron chi connectivity index (χ1n) is 12.0. The Morgan fingerprint density at radius 3 is 2.73 bits per heavy atom. The zero-order chi connectivity index (χ0) is 25.9. The zero-order valence-corrected chi connectivity index (χ0v) is 20.5. The van der Waals surface area contributed by atoms with Gasteiger partial charge < -0.3 is 23.9 Å². The van der Waals surface area contributed by atoms with Crippen molar-refractivity contribution < 1.29 is 28.6 Å². The second kappa shape index (κ2) is 10.2. The third-order valence-corrected chi connectivity index (χ3v) is 6.22. The summed E-state index contributed by atoms with van der Waals surface area (Å²) in [7, 11) is 1.52. The van der Waals surface area contributed by atoms with Crippen LogP contribution in [0, 0.1) is 0 Å². The van der Waals surface area contributed by atoms with Gasteiger partial charge in [-0.15, -0.1) is 0 Å². The average molecular weight is 499 g/mol. The fourth-order valence-corrected chi connectivity index (χ4v) is 4.52. The highest BCUT2D eigenvalue weighted by atomic mass is 16.5. The number of rotatable bonds is 9. The standard InChI is InChI=1S/C29H26N2O6/c1-3-13-36-21-10-4-8-19(14-21)25-24(27(33)29(34)31(25)17-18-7-6-12-30-16-18)26(32)23-15-20-9-5-11-22(35-2)28(20)37-23/h4-12,14-16,25,33H,3,13,17H2,1-2H3. The van der Waals surface area contributed by atoms with Crippen LogP contribution in [0.15, 0.2) is 88.8 Å². The van der Waals surface area contributed by atoms with Crippen molar-refractivity contribution in [2.45, 2.75) is 25.9 Å². The van der Waals surface area contributed by atoms with E-state index in [1.54, 1.807) is 60.9 Å². The predicted molar refractivity (Wildman–Crippen MR) is 137 cm³/mol. The molecule has 0 radical (unpaired) electrons. The topological polar surface area (TPSA) is 102 Å². The smallest absolute Gasteiger partial charge is 0.290 e. The first kappa shape index (κ1) is 24.1. The molecule has 1 N–H and O–H groups in total. The van der Waals surface area contributed by atoms with Crippen LogP contribution in [0.1, 0.15) is 41.1 Å². The Kier molecular flexibility index (Phi) is 6.64. The summed E-state index contributed by atoms with van der Waals surface area (Å²) in [4.78, 5) is 32.8. The number of benzene rings is 2. The van der Waals surface area contributed by atoms with Gasteiger partial charge in [-0.25, -0.2) is 0 Å². The van der Waals surface area contributed by atoms with Crippen molar-refractivity contribution in [3.05, 3.63) is 101 Å². The molecule has 37 heavy (non-hydrogen) atoms. The molecule has 1 unspecified atom stereocenters. The Morgan fingerprint density at radius 1 is 1.14 bits per heavy atom. The normalized spacial score (nSPS) is 15.5. The van der Waals surface area contributed by atoms with Crippen LogP contribution in [0.3, 0.4) is 0 Å². The van der Waals surface area contributed by atoms with E-state index in [1.165, 1.54) is 12.0 Å². The van der Waals surface area contributed by atoms with Crippen LogP contribution in [0.25, 0.3) is 11.0 Å². The largest absolute Gasteiger partial charge is 0.503 e. The lowest BCUT2D eigenvalue weighted by molar-refractivity contribution is -0.130. The van der Waals surface area contributed by atoms with E-state index in [0.717, 1.165) is 12.0 Å². The molecule has 1 aliphatic heterocycles. The minimum Gasteiger partial charge on any atom is -0.503 e. The van der Waals surface area contributed by atoms with Crippen molar-refractivity contribution in [3.8, 4) is 11.5 Å². The lowest BCUT2D eigenvalue weighted by atomic mass is 9.94. The van der Waals surface area contributed by atoms with E-state index in [9.17, 15) is 14.7 Å². The number of ketones is 1. The van der Waals surface area contributed by atoms with Crippen molar-refractivity contribution in [1.29, 1.82) is 0 Å². The minimum absolute atomic E-state index is 0.000431. The number of aromatic nitrogens is 1. The summed E-state index contributed by atoms with van der Waals surface area (Å²) in [5, 5.41) is 11.7. The van der Waals surface area contributed by atoms with Crippen LogP contribution in [0.2, 0.25) is 0 Å². The number of amides is 1. The van der Waals surface area contributed by atoms with Crippen LogP contribution in [0.5, 0.6) is 11.5 Å². The van der Waals surface area contributed by atoms with Gasteiger partial charge in [0.15, 0.2) is 22.9 Å². The number of hydrogen-bond donors (Lipinski definition) is 1. The van der Waals surface area contributed by atoms with Gasteiger partial charge in [-0.1, -0.05) is 37.3 Å². The molecular weight excluding hydrogens is 472 g/mol. The van der Waals surface area contributed by atoms with Crippen LogP contribution in [-0.2, 0) is 11.3 Å². The number of furan rings is 1. The highest BCUT2D eigenvalue weighted by Gasteiger charge is 2.44. The summed E-state index contributed by atoms with van der Waals surface area (Å²) in [6.45, 7) is 2.68. The number of pyridine rings is 1. The van der Waals surface area contributed by atoms with Crippen LogP contribution < -0.4 is 9.47 Å². The molecule has 0 bridgehead atoms. The molecule has 1 aliphatic rings. The summed E-state index contributed by atoms with van der Waals surface area (Å²) in [5.41, 5.74) is 1.75. The lowest BCUT2D eigenvalue weighted by Crippen LogP contribution is -2.30. The molecule has 5 rings (SSSR count). The predicted octanol–water partition coefficient (Wildman–Crippen LogP) is 5.40. The summed E-state index contributed by atoms with van der Waals surface area (Å²) < 4.78 is 17.0. The monoisotopic (exact) mass is 498 g/mol. The zero-order valence-electron chi connectivity index (χ0n) is 20.5. The van der Waals surface area contributed by atoms with Gasteiger partial charge in [0.1, 0.15) is 5.75 Å². The van der Waals surface area contributed by atoms with Gasteiger partial charge in [0.2, 0.25) is 5.78 Å². The number of ether oxygens (including phenoxy) is 2. The average Bonchev–Trinajstić information content (AvgIpc) is 3.47. The Bertz CT molecular complexity index is 1490. The molecule has 2 aromatic carbocycles. The maximum atomic E-state index is 13.8. The van der Waals surface area contributed by atoms with E-state index in [-0.39, 0.29) is 17.9 Å².